The number of rotatable bonds is 6. The van der Waals surface area contributed by atoms with E-state index in [9.17, 15) is 0 Å². The zero-order valence-electron chi connectivity index (χ0n) is 7.85. The van der Waals surface area contributed by atoms with Crippen LogP contribution >= 0.6 is 0 Å². The summed E-state index contributed by atoms with van der Waals surface area (Å²) in [7, 11) is 5.18. The Balaban J connectivity index is 3.51. The van der Waals surface area contributed by atoms with Crippen LogP contribution in [0.1, 0.15) is 6.42 Å². The number of ether oxygens (including phenoxy) is 1. The van der Waals surface area contributed by atoms with Crippen molar-refractivity contribution in [2.75, 3.05) is 27.9 Å². The van der Waals surface area contributed by atoms with Gasteiger partial charge in [0.15, 0.2) is 0 Å². The predicted molar refractivity (Wildman–Crippen MR) is 41.2 cm³/mol. The van der Waals surface area contributed by atoms with Gasteiger partial charge in [-0.15, -0.1) is 0 Å². The van der Waals surface area contributed by atoms with Crippen molar-refractivity contribution in [2.45, 2.75) is 16.4 Å². The maximum atomic E-state index is 5.34. The molecule has 0 aliphatic heterocycles. The summed E-state index contributed by atoms with van der Waals surface area (Å²) >= 11 is -2.29. The van der Waals surface area contributed by atoms with Gasteiger partial charge in [-0.2, -0.15) is 0 Å². The third-order valence-corrected chi connectivity index (χ3v) is 6.51. The van der Waals surface area contributed by atoms with Crippen molar-refractivity contribution in [1.29, 1.82) is 0 Å². The number of hydrogen-bond acceptors (Lipinski definition) is 3. The molecule has 0 saturated heterocycles. The third-order valence-electron chi connectivity index (χ3n) is 1.84. The molecule has 0 unspecified atom stereocenters. The van der Waals surface area contributed by atoms with Crippen LogP contribution in [0.5, 0.6) is 0 Å². The van der Waals surface area contributed by atoms with Gasteiger partial charge in [-0.05, 0) is 0 Å². The van der Waals surface area contributed by atoms with Gasteiger partial charge in [-0.25, -0.2) is 0 Å². The topological polar surface area (TPSA) is 27.7 Å². The zero-order valence-corrected chi connectivity index (χ0v) is 9.41. The Bertz CT molecular complexity index is 93.7. The van der Waals surface area contributed by atoms with E-state index in [1.54, 1.807) is 21.3 Å². The maximum absolute atomic E-state index is 5.34. The van der Waals surface area contributed by atoms with Crippen molar-refractivity contribution in [3.63, 3.8) is 0 Å². The van der Waals surface area contributed by atoms with Crippen molar-refractivity contribution in [3.8, 4) is 0 Å². The normalized spacial score (nSPS) is 12.0. The predicted octanol–water partition coefficient (Wildman–Crippen LogP) is 1.77. The van der Waals surface area contributed by atoms with Crippen molar-refractivity contribution in [1.82, 2.24) is 0 Å². The Morgan fingerprint density at radius 3 is 2.00 bits per heavy atom. The molecule has 0 atom stereocenters. The van der Waals surface area contributed by atoms with Crippen molar-refractivity contribution < 1.29 is 28.7 Å². The van der Waals surface area contributed by atoms with Crippen LogP contribution in [0, 0.1) is 0 Å². The van der Waals surface area contributed by atoms with Crippen LogP contribution in [-0.4, -0.2) is 27.9 Å². The quantitative estimate of drug-likeness (QED) is 0.480. The Morgan fingerprint density at radius 1 is 1.09 bits per heavy atom. The zero-order chi connectivity index (χ0) is 8.74. The molecule has 3 nitrogen and oxygen atoms in total. The number of methoxy groups -OCH3 is 1. The van der Waals surface area contributed by atoms with E-state index in [2.05, 4.69) is 5.23 Å². The Hall–Kier alpha value is 0.594. The van der Waals surface area contributed by atoms with E-state index in [1.807, 2.05) is 0 Å². The van der Waals surface area contributed by atoms with Crippen LogP contribution in [-0.2, 0) is 28.7 Å². The Labute approximate surface area is 73.3 Å². The van der Waals surface area contributed by atoms with Crippen molar-refractivity contribution >= 4 is 0 Å². The molecule has 0 aromatic heterocycles. The molecule has 0 amide bonds. The second kappa shape index (κ2) is 6.15. The van der Waals surface area contributed by atoms with Gasteiger partial charge in [0, 0.05) is 0 Å². The molecule has 0 rings (SSSR count). The van der Waals surface area contributed by atoms with E-state index in [1.165, 1.54) is 0 Å². The Morgan fingerprint density at radius 2 is 1.64 bits per heavy atom. The van der Waals surface area contributed by atoms with Gasteiger partial charge in [0.2, 0.25) is 0 Å². The standard InChI is InChI=1S/C4H9O.2CH3O.CH3.Ti/c1-3-4-5-2;2*1-2;;/h1,3-4H2,2H3;2*1H3;1H3;/q;2*-1;;+2. The third kappa shape index (κ3) is 4.93. The average molecular weight is 198 g/mol. The molecule has 0 heterocycles. The van der Waals surface area contributed by atoms with Gasteiger partial charge in [0.25, 0.3) is 0 Å². The molecule has 0 saturated carbocycles. The van der Waals surface area contributed by atoms with Gasteiger partial charge in [-0.3, -0.25) is 0 Å². The second-order valence-corrected chi connectivity index (χ2v) is 8.24. The van der Waals surface area contributed by atoms with E-state index < -0.39 is 17.4 Å². The van der Waals surface area contributed by atoms with Crippen LogP contribution < -0.4 is 0 Å². The Kier molecular flexibility index (Phi) is 6.48. The molecule has 0 aromatic carbocycles. The van der Waals surface area contributed by atoms with Crippen molar-refractivity contribution in [3.05, 3.63) is 0 Å². The monoisotopic (exact) mass is 198 g/mol. The van der Waals surface area contributed by atoms with E-state index in [-0.39, 0.29) is 0 Å². The summed E-state index contributed by atoms with van der Waals surface area (Å²) < 4.78 is 16.7. The van der Waals surface area contributed by atoms with Gasteiger partial charge in [-0.1, -0.05) is 0 Å². The van der Waals surface area contributed by atoms with Gasteiger partial charge >= 0.3 is 73.0 Å². The first-order chi connectivity index (χ1) is 5.18. The minimum atomic E-state index is -2.29. The fraction of sp³-hybridized carbons (Fsp3) is 1.00. The molecule has 0 bridgehead atoms. The van der Waals surface area contributed by atoms with Crippen LogP contribution in [0.15, 0.2) is 0 Å². The van der Waals surface area contributed by atoms with Crippen LogP contribution in [0.4, 0.5) is 0 Å². The van der Waals surface area contributed by atoms with Crippen LogP contribution in [0.25, 0.3) is 0 Å². The molecular weight excluding hydrogens is 180 g/mol. The SMILES string of the molecule is COCC[CH2][Ti]([CH3])([O]C)[O]C. The molecular formula is C7H18O3Ti. The van der Waals surface area contributed by atoms with Gasteiger partial charge < -0.3 is 0 Å². The molecule has 0 aliphatic rings. The first-order valence-corrected chi connectivity index (χ1v) is 7.72. The average Bonchev–Trinajstić information content (AvgIpc) is 2.05. The fourth-order valence-corrected chi connectivity index (χ4v) is 2.95. The summed E-state index contributed by atoms with van der Waals surface area (Å²) in [5.41, 5.74) is 0. The van der Waals surface area contributed by atoms with E-state index >= 15 is 0 Å². The molecule has 0 radical (unpaired) electrons. The summed E-state index contributed by atoms with van der Waals surface area (Å²) in [5, 5.41) is 2.11. The van der Waals surface area contributed by atoms with Gasteiger partial charge in [0.1, 0.15) is 0 Å². The fourth-order valence-electron chi connectivity index (χ4n) is 0.825. The molecule has 11 heavy (non-hydrogen) atoms. The molecule has 4 heteroatoms. The first kappa shape index (κ1) is 11.6. The summed E-state index contributed by atoms with van der Waals surface area (Å²) in [6.07, 6.45) is 1.04. The first-order valence-electron chi connectivity index (χ1n) is 3.78. The molecule has 0 aliphatic carbocycles. The molecule has 68 valence electrons. The summed E-state index contributed by atoms with van der Waals surface area (Å²) in [6, 6.07) is 0. The molecule has 0 N–H and O–H groups in total. The van der Waals surface area contributed by atoms with Gasteiger partial charge in [0.05, 0.1) is 0 Å². The summed E-state index contributed by atoms with van der Waals surface area (Å²) in [5.74, 6) is 0. The molecule has 0 aromatic rings. The van der Waals surface area contributed by atoms with Crippen LogP contribution in [0.3, 0.4) is 0 Å². The van der Waals surface area contributed by atoms with E-state index in [0.29, 0.717) is 0 Å². The van der Waals surface area contributed by atoms with E-state index in [0.717, 1.165) is 17.8 Å². The molecule has 0 fully saturated rings. The minimum absolute atomic E-state index is 0.799. The number of hydrogen-bond donors (Lipinski definition) is 0. The molecule has 0 spiro atoms. The second-order valence-electron chi connectivity index (χ2n) is 2.64. The van der Waals surface area contributed by atoms with Crippen molar-refractivity contribution in [2.24, 2.45) is 0 Å². The van der Waals surface area contributed by atoms with Crippen LogP contribution in [0.2, 0.25) is 9.95 Å². The summed E-state index contributed by atoms with van der Waals surface area (Å²) in [4.78, 5) is 0. The van der Waals surface area contributed by atoms with E-state index in [4.69, 9.17) is 11.4 Å². The summed E-state index contributed by atoms with van der Waals surface area (Å²) in [6.45, 7) is 0.799.